The third kappa shape index (κ3) is 3.42. The van der Waals surface area contributed by atoms with Crippen LogP contribution < -0.4 is 4.74 Å². The summed E-state index contributed by atoms with van der Waals surface area (Å²) in [5.41, 5.74) is 3.43. The number of methoxy groups -OCH3 is 1. The highest BCUT2D eigenvalue weighted by atomic mass is 16.5. The first-order valence-electron chi connectivity index (χ1n) is 12.9. The number of hydrogen-bond acceptors (Lipinski definition) is 2. The average Bonchev–Trinajstić information content (AvgIpc) is 2.77. The summed E-state index contributed by atoms with van der Waals surface area (Å²) in [4.78, 5) is 11.5. The van der Waals surface area contributed by atoms with Crippen LogP contribution in [0.5, 0.6) is 5.75 Å². The number of carboxylic acids is 1. The Bertz CT molecular complexity index is 823. The lowest BCUT2D eigenvalue weighted by Crippen LogP contribution is -2.48. The lowest BCUT2D eigenvalue weighted by Gasteiger charge is -2.57. The van der Waals surface area contributed by atoms with Gasteiger partial charge in [-0.05, 0) is 130 Å². The normalized spacial score (nSPS) is 43.5. The van der Waals surface area contributed by atoms with Crippen molar-refractivity contribution < 1.29 is 14.6 Å². The number of carboxylic acid groups (broad SMARTS) is 1. The summed E-state index contributed by atoms with van der Waals surface area (Å²) in [6.45, 7) is 0. The smallest absolute Gasteiger partial charge is 0.306 e. The summed E-state index contributed by atoms with van der Waals surface area (Å²) < 4.78 is 5.94. The second-order valence-electron chi connectivity index (χ2n) is 12.0. The Morgan fingerprint density at radius 1 is 0.903 bits per heavy atom. The fraction of sp³-hybridized carbons (Fsp3) is 0.750. The van der Waals surface area contributed by atoms with Gasteiger partial charge in [-0.25, -0.2) is 0 Å². The first kappa shape index (κ1) is 20.1. The van der Waals surface area contributed by atoms with Crippen molar-refractivity contribution in [2.45, 2.75) is 88.4 Å². The van der Waals surface area contributed by atoms with E-state index in [4.69, 9.17) is 4.74 Å². The van der Waals surface area contributed by atoms with Crippen LogP contribution in [0.25, 0.3) is 0 Å². The lowest BCUT2D eigenvalue weighted by molar-refractivity contribution is -0.144. The molecule has 0 aliphatic heterocycles. The summed E-state index contributed by atoms with van der Waals surface area (Å²) in [6, 6.07) is 7.19. The molecule has 3 nitrogen and oxygen atoms in total. The molecule has 4 bridgehead atoms. The van der Waals surface area contributed by atoms with Crippen LogP contribution in [0.4, 0.5) is 0 Å². The Hall–Kier alpha value is -1.51. The van der Waals surface area contributed by atoms with Gasteiger partial charge in [-0.1, -0.05) is 12.1 Å². The maximum Gasteiger partial charge on any atom is 0.306 e. The molecule has 0 saturated heterocycles. The average molecular weight is 423 g/mol. The highest BCUT2D eigenvalue weighted by molar-refractivity contribution is 5.70. The summed E-state index contributed by atoms with van der Waals surface area (Å²) in [6.07, 6.45) is 15.1. The molecule has 0 amide bonds. The molecular formula is C28H38O3. The van der Waals surface area contributed by atoms with Crippen LogP contribution in [0, 0.1) is 35.5 Å². The van der Waals surface area contributed by atoms with E-state index < -0.39 is 5.97 Å². The van der Waals surface area contributed by atoms with Crippen LogP contribution >= 0.6 is 0 Å². The van der Waals surface area contributed by atoms with Gasteiger partial charge in [0.05, 0.1) is 13.0 Å². The van der Waals surface area contributed by atoms with Crippen LogP contribution in [0.1, 0.15) is 94.1 Å². The van der Waals surface area contributed by atoms with Gasteiger partial charge >= 0.3 is 5.97 Å². The Kier molecular flexibility index (Phi) is 4.88. The maximum atomic E-state index is 11.5. The summed E-state index contributed by atoms with van der Waals surface area (Å²) in [5.74, 6) is 5.28. The number of hydrogen-bond donors (Lipinski definition) is 1. The monoisotopic (exact) mass is 422 g/mol. The molecule has 0 radical (unpaired) electrons. The quantitative estimate of drug-likeness (QED) is 0.598. The van der Waals surface area contributed by atoms with Gasteiger partial charge in [0.25, 0.3) is 0 Å². The van der Waals surface area contributed by atoms with Gasteiger partial charge in [0, 0.05) is 5.56 Å². The molecule has 31 heavy (non-hydrogen) atoms. The third-order valence-corrected chi connectivity index (χ3v) is 10.3. The van der Waals surface area contributed by atoms with Crippen molar-refractivity contribution >= 4 is 5.97 Å². The second kappa shape index (κ2) is 7.52. The van der Waals surface area contributed by atoms with E-state index in [1.807, 2.05) is 7.11 Å². The maximum absolute atomic E-state index is 11.5. The number of rotatable bonds is 4. The molecule has 6 fully saturated rings. The van der Waals surface area contributed by atoms with Crippen molar-refractivity contribution in [3.63, 3.8) is 0 Å². The highest BCUT2D eigenvalue weighted by Gasteiger charge is 2.52. The molecule has 4 unspecified atom stereocenters. The number of fused-ring (bicyclic) bond motifs is 1. The van der Waals surface area contributed by atoms with Crippen molar-refractivity contribution in [2.24, 2.45) is 35.5 Å². The van der Waals surface area contributed by atoms with Gasteiger partial charge < -0.3 is 9.84 Å². The van der Waals surface area contributed by atoms with Gasteiger partial charge in [-0.2, -0.15) is 0 Å². The molecule has 1 aromatic rings. The van der Waals surface area contributed by atoms with E-state index in [2.05, 4.69) is 18.2 Å². The zero-order valence-electron chi connectivity index (χ0n) is 19.0. The Labute approximate surface area is 187 Å². The van der Waals surface area contributed by atoms with Gasteiger partial charge in [0.1, 0.15) is 5.75 Å². The van der Waals surface area contributed by atoms with Gasteiger partial charge in [-0.3, -0.25) is 4.79 Å². The molecular weight excluding hydrogens is 384 g/mol. The van der Waals surface area contributed by atoms with E-state index in [-0.39, 0.29) is 5.92 Å². The van der Waals surface area contributed by atoms with Gasteiger partial charge in [0.15, 0.2) is 0 Å². The Morgan fingerprint density at radius 2 is 1.55 bits per heavy atom. The van der Waals surface area contributed by atoms with E-state index >= 15 is 0 Å². The summed E-state index contributed by atoms with van der Waals surface area (Å²) in [7, 11) is 1.85. The molecule has 0 heterocycles. The van der Waals surface area contributed by atoms with Crippen molar-refractivity contribution in [1.82, 2.24) is 0 Å². The zero-order chi connectivity index (χ0) is 21.2. The van der Waals surface area contributed by atoms with E-state index in [1.54, 1.807) is 0 Å². The van der Waals surface area contributed by atoms with Crippen LogP contribution in [0.3, 0.4) is 0 Å². The molecule has 1 aromatic carbocycles. The minimum Gasteiger partial charge on any atom is -0.496 e. The van der Waals surface area contributed by atoms with E-state index in [0.29, 0.717) is 17.3 Å². The second-order valence-corrected chi connectivity index (χ2v) is 12.0. The minimum absolute atomic E-state index is 0.0959. The standard InChI is InChI=1S/C28H38O3/c1-31-26-7-6-23(21-2-3-22-12-24(27(29)30)5-4-20(22)11-21)13-25(26)28-14-17-8-18(15-28)10-19(9-17)16-28/h6-7,13,17-22,24H,2-5,8-12,14-16H2,1H3,(H,29,30). The van der Waals surface area contributed by atoms with E-state index in [9.17, 15) is 9.90 Å². The fourth-order valence-corrected chi connectivity index (χ4v) is 9.25. The molecule has 3 heteroatoms. The van der Waals surface area contributed by atoms with Crippen molar-refractivity contribution in [1.29, 1.82) is 0 Å². The molecule has 6 aliphatic carbocycles. The topological polar surface area (TPSA) is 46.5 Å². The number of ether oxygens (including phenoxy) is 1. The van der Waals surface area contributed by atoms with Crippen LogP contribution in [-0.2, 0) is 10.2 Å². The van der Waals surface area contributed by atoms with Gasteiger partial charge in [0.2, 0.25) is 0 Å². The molecule has 0 spiro atoms. The van der Waals surface area contributed by atoms with Crippen molar-refractivity contribution in [3.05, 3.63) is 29.3 Å². The molecule has 7 rings (SSSR count). The Balaban J connectivity index is 1.25. The van der Waals surface area contributed by atoms with Crippen LogP contribution in [0.2, 0.25) is 0 Å². The number of aliphatic carboxylic acids is 1. The first-order chi connectivity index (χ1) is 15.0. The first-order valence-corrected chi connectivity index (χ1v) is 12.9. The van der Waals surface area contributed by atoms with Crippen molar-refractivity contribution in [2.75, 3.05) is 7.11 Å². The predicted octanol–water partition coefficient (Wildman–Crippen LogP) is 6.55. The molecule has 4 atom stereocenters. The Morgan fingerprint density at radius 3 is 2.19 bits per heavy atom. The highest BCUT2D eigenvalue weighted by Crippen LogP contribution is 2.62. The van der Waals surface area contributed by atoms with Crippen LogP contribution in [-0.4, -0.2) is 18.2 Å². The molecule has 0 aromatic heterocycles. The predicted molar refractivity (Wildman–Crippen MR) is 121 cm³/mol. The fourth-order valence-electron chi connectivity index (χ4n) is 9.25. The SMILES string of the molecule is COc1ccc(C2CCC3CC(C(=O)O)CCC3C2)cc1C12CC3CC(CC(C3)C1)C2. The van der Waals surface area contributed by atoms with E-state index in [0.717, 1.165) is 48.7 Å². The summed E-state index contributed by atoms with van der Waals surface area (Å²) >= 11 is 0. The lowest BCUT2D eigenvalue weighted by atomic mass is 9.48. The molecule has 6 saturated carbocycles. The molecule has 168 valence electrons. The van der Waals surface area contributed by atoms with E-state index in [1.165, 1.54) is 68.9 Å². The van der Waals surface area contributed by atoms with Crippen LogP contribution in [0.15, 0.2) is 18.2 Å². The van der Waals surface area contributed by atoms with Crippen molar-refractivity contribution in [3.8, 4) is 5.75 Å². The van der Waals surface area contributed by atoms with Gasteiger partial charge in [-0.15, -0.1) is 0 Å². The third-order valence-electron chi connectivity index (χ3n) is 10.3. The summed E-state index contributed by atoms with van der Waals surface area (Å²) in [5, 5.41) is 9.44. The zero-order valence-corrected chi connectivity index (χ0v) is 19.0. The molecule has 1 N–H and O–H groups in total. The molecule has 6 aliphatic rings. The minimum atomic E-state index is -0.573. The number of carbonyl (C=O) groups is 1. The number of benzene rings is 1. The largest absolute Gasteiger partial charge is 0.496 e.